The highest BCUT2D eigenvalue weighted by atomic mass is 16.3. The topological polar surface area (TPSA) is 32.3 Å². The molecule has 0 bridgehead atoms. The molecule has 2 rings (SSSR count). The van der Waals surface area contributed by atoms with Gasteiger partial charge in [0, 0.05) is 6.04 Å². The van der Waals surface area contributed by atoms with E-state index in [-0.39, 0.29) is 6.10 Å². The molecule has 19 heavy (non-hydrogen) atoms. The van der Waals surface area contributed by atoms with Crippen molar-refractivity contribution in [2.45, 2.75) is 64.5 Å². The third-order valence-corrected chi connectivity index (χ3v) is 4.12. The number of rotatable bonds is 6. The fourth-order valence-electron chi connectivity index (χ4n) is 2.86. The van der Waals surface area contributed by atoms with Gasteiger partial charge in [0.05, 0.1) is 6.10 Å². The van der Waals surface area contributed by atoms with Crippen molar-refractivity contribution in [3.05, 3.63) is 34.9 Å². The van der Waals surface area contributed by atoms with Crippen molar-refractivity contribution in [3.8, 4) is 0 Å². The molecule has 2 N–H and O–H groups in total. The van der Waals surface area contributed by atoms with Gasteiger partial charge < -0.3 is 10.4 Å². The van der Waals surface area contributed by atoms with Gasteiger partial charge in [-0.15, -0.1) is 0 Å². The standard InChI is InChI=1S/C17H27NO/c1-13(19)6-5-11-18-14(2)16-10-9-15-7-3-4-8-17(15)12-16/h9-10,12-14,18-19H,3-8,11H2,1-2H3. The SMILES string of the molecule is CC(O)CCCNC(C)c1ccc2c(c1)CCCC2. The Kier molecular flexibility index (Phi) is 5.41. The first-order valence-electron chi connectivity index (χ1n) is 7.70. The molecular formula is C17H27NO. The van der Waals surface area contributed by atoms with E-state index in [9.17, 15) is 5.11 Å². The molecule has 0 amide bonds. The molecular weight excluding hydrogens is 234 g/mol. The molecule has 0 aromatic heterocycles. The fraction of sp³-hybridized carbons (Fsp3) is 0.647. The van der Waals surface area contributed by atoms with Gasteiger partial charge in [-0.25, -0.2) is 0 Å². The molecule has 1 aromatic rings. The molecule has 2 atom stereocenters. The van der Waals surface area contributed by atoms with Gasteiger partial charge in [-0.3, -0.25) is 0 Å². The first-order valence-corrected chi connectivity index (χ1v) is 7.70. The number of benzene rings is 1. The minimum Gasteiger partial charge on any atom is -0.393 e. The lowest BCUT2D eigenvalue weighted by Crippen LogP contribution is -2.21. The first-order chi connectivity index (χ1) is 9.16. The average Bonchev–Trinajstić information content (AvgIpc) is 2.42. The average molecular weight is 261 g/mol. The van der Waals surface area contributed by atoms with Gasteiger partial charge in [-0.1, -0.05) is 18.2 Å². The molecule has 0 radical (unpaired) electrons. The molecule has 0 fully saturated rings. The zero-order chi connectivity index (χ0) is 13.7. The van der Waals surface area contributed by atoms with E-state index >= 15 is 0 Å². The van der Waals surface area contributed by atoms with Gasteiger partial charge in [0.2, 0.25) is 0 Å². The van der Waals surface area contributed by atoms with Gasteiger partial charge in [0.25, 0.3) is 0 Å². The second kappa shape index (κ2) is 7.06. The Balaban J connectivity index is 1.86. The Morgan fingerprint density at radius 1 is 1.16 bits per heavy atom. The second-order valence-corrected chi connectivity index (χ2v) is 5.90. The monoisotopic (exact) mass is 261 g/mol. The predicted molar refractivity (Wildman–Crippen MR) is 80.4 cm³/mol. The van der Waals surface area contributed by atoms with Crippen molar-refractivity contribution in [3.63, 3.8) is 0 Å². The van der Waals surface area contributed by atoms with Crippen LogP contribution in [0.1, 0.15) is 62.3 Å². The van der Waals surface area contributed by atoms with E-state index in [2.05, 4.69) is 30.4 Å². The van der Waals surface area contributed by atoms with Crippen LogP contribution in [0.4, 0.5) is 0 Å². The van der Waals surface area contributed by atoms with Crippen molar-refractivity contribution >= 4 is 0 Å². The lowest BCUT2D eigenvalue weighted by Gasteiger charge is -2.20. The highest BCUT2D eigenvalue weighted by Crippen LogP contribution is 2.24. The number of aliphatic hydroxyl groups is 1. The van der Waals surface area contributed by atoms with E-state index in [1.54, 1.807) is 11.1 Å². The van der Waals surface area contributed by atoms with E-state index in [1.807, 2.05) is 6.92 Å². The van der Waals surface area contributed by atoms with Crippen LogP contribution in [0, 0.1) is 0 Å². The maximum Gasteiger partial charge on any atom is 0.0512 e. The maximum atomic E-state index is 9.24. The summed E-state index contributed by atoms with van der Waals surface area (Å²) in [5, 5.41) is 12.8. The molecule has 0 spiro atoms. The van der Waals surface area contributed by atoms with Crippen LogP contribution in [-0.4, -0.2) is 17.8 Å². The molecule has 0 aliphatic heterocycles. The Morgan fingerprint density at radius 2 is 1.89 bits per heavy atom. The van der Waals surface area contributed by atoms with E-state index < -0.39 is 0 Å². The Labute approximate surface area is 117 Å². The summed E-state index contributed by atoms with van der Waals surface area (Å²) in [5.41, 5.74) is 4.51. The molecule has 1 aromatic carbocycles. The Morgan fingerprint density at radius 3 is 2.63 bits per heavy atom. The van der Waals surface area contributed by atoms with Crippen LogP contribution >= 0.6 is 0 Å². The Bertz CT molecular complexity index is 400. The largest absolute Gasteiger partial charge is 0.393 e. The van der Waals surface area contributed by atoms with Gasteiger partial charge in [0.1, 0.15) is 0 Å². The summed E-state index contributed by atoms with van der Waals surface area (Å²) in [6.07, 6.45) is 6.92. The highest BCUT2D eigenvalue weighted by Gasteiger charge is 2.12. The zero-order valence-electron chi connectivity index (χ0n) is 12.3. The summed E-state index contributed by atoms with van der Waals surface area (Å²) in [5.74, 6) is 0. The van der Waals surface area contributed by atoms with Gasteiger partial charge in [-0.05, 0) is 75.6 Å². The van der Waals surface area contributed by atoms with Crippen LogP contribution in [0.15, 0.2) is 18.2 Å². The van der Waals surface area contributed by atoms with Crippen molar-refractivity contribution in [2.75, 3.05) is 6.54 Å². The van der Waals surface area contributed by atoms with Crippen LogP contribution in [-0.2, 0) is 12.8 Å². The number of fused-ring (bicyclic) bond motifs is 1. The highest BCUT2D eigenvalue weighted by molar-refractivity contribution is 5.35. The van der Waals surface area contributed by atoms with Crippen molar-refractivity contribution in [1.29, 1.82) is 0 Å². The third kappa shape index (κ3) is 4.32. The normalized spacial score (nSPS) is 17.8. The van der Waals surface area contributed by atoms with Crippen LogP contribution < -0.4 is 5.32 Å². The van der Waals surface area contributed by atoms with Crippen molar-refractivity contribution < 1.29 is 5.11 Å². The molecule has 0 saturated carbocycles. The number of aryl methyl sites for hydroxylation is 2. The van der Waals surface area contributed by atoms with Crippen LogP contribution in [0.5, 0.6) is 0 Å². The summed E-state index contributed by atoms with van der Waals surface area (Å²) in [4.78, 5) is 0. The molecule has 106 valence electrons. The number of aliphatic hydroxyl groups excluding tert-OH is 1. The molecule has 2 unspecified atom stereocenters. The first kappa shape index (κ1) is 14.5. The van der Waals surface area contributed by atoms with E-state index in [4.69, 9.17) is 0 Å². The van der Waals surface area contributed by atoms with E-state index in [0.717, 1.165) is 19.4 Å². The van der Waals surface area contributed by atoms with E-state index in [1.165, 1.54) is 31.2 Å². The zero-order valence-corrected chi connectivity index (χ0v) is 12.3. The minimum absolute atomic E-state index is 0.180. The maximum absolute atomic E-state index is 9.24. The smallest absolute Gasteiger partial charge is 0.0512 e. The fourth-order valence-corrected chi connectivity index (χ4v) is 2.86. The summed E-state index contributed by atoms with van der Waals surface area (Å²) < 4.78 is 0. The van der Waals surface area contributed by atoms with Crippen LogP contribution in [0.2, 0.25) is 0 Å². The van der Waals surface area contributed by atoms with Crippen LogP contribution in [0.3, 0.4) is 0 Å². The molecule has 1 aliphatic carbocycles. The van der Waals surface area contributed by atoms with Crippen LogP contribution in [0.25, 0.3) is 0 Å². The quantitative estimate of drug-likeness (QED) is 0.769. The van der Waals surface area contributed by atoms with Gasteiger partial charge in [-0.2, -0.15) is 0 Å². The number of nitrogens with one attached hydrogen (secondary N) is 1. The van der Waals surface area contributed by atoms with E-state index in [0.29, 0.717) is 6.04 Å². The molecule has 1 aliphatic rings. The number of hydrogen-bond donors (Lipinski definition) is 2. The second-order valence-electron chi connectivity index (χ2n) is 5.90. The summed E-state index contributed by atoms with van der Waals surface area (Å²) in [6, 6.07) is 7.39. The minimum atomic E-state index is -0.180. The Hall–Kier alpha value is -0.860. The number of hydrogen-bond acceptors (Lipinski definition) is 2. The predicted octanol–water partition coefficient (Wildman–Crippen LogP) is 3.38. The van der Waals surface area contributed by atoms with Crippen molar-refractivity contribution in [2.24, 2.45) is 0 Å². The van der Waals surface area contributed by atoms with Gasteiger partial charge >= 0.3 is 0 Å². The molecule has 2 heteroatoms. The third-order valence-electron chi connectivity index (χ3n) is 4.12. The molecule has 0 heterocycles. The summed E-state index contributed by atoms with van der Waals surface area (Å²) in [7, 11) is 0. The lowest BCUT2D eigenvalue weighted by atomic mass is 9.89. The summed E-state index contributed by atoms with van der Waals surface area (Å²) in [6.45, 7) is 5.06. The lowest BCUT2D eigenvalue weighted by molar-refractivity contribution is 0.181. The van der Waals surface area contributed by atoms with Crippen molar-refractivity contribution in [1.82, 2.24) is 5.32 Å². The summed E-state index contributed by atoms with van der Waals surface area (Å²) >= 11 is 0. The van der Waals surface area contributed by atoms with Gasteiger partial charge in [0.15, 0.2) is 0 Å². The molecule has 0 saturated heterocycles. The molecule has 2 nitrogen and oxygen atoms in total.